The minimum Gasteiger partial charge on any atom is -0.414 e. The van der Waals surface area contributed by atoms with Crippen LogP contribution in [0.2, 0.25) is 54.4 Å². The highest BCUT2D eigenvalue weighted by molar-refractivity contribution is 6.75. The molecule has 1 saturated heterocycles. The molecule has 10 nitrogen and oxygen atoms in total. The van der Waals surface area contributed by atoms with Gasteiger partial charge in [-0.2, -0.15) is 9.98 Å². The number of aliphatic imine (C=N–C) groups is 1. The highest BCUT2D eigenvalue weighted by Gasteiger charge is 2.55. The average Bonchev–Trinajstić information content (AvgIpc) is 3.05. The van der Waals surface area contributed by atoms with Crippen molar-refractivity contribution < 1.29 is 18.0 Å². The Kier molecular flexibility index (Phi) is 10.5. The average molecular weight is 628 g/mol. The maximum atomic E-state index is 13.3. The monoisotopic (exact) mass is 627 g/mol. The molecule has 1 aliphatic heterocycles. The fourth-order valence-electron chi connectivity index (χ4n) is 3.67. The van der Waals surface area contributed by atoms with E-state index in [9.17, 15) is 4.79 Å². The summed E-state index contributed by atoms with van der Waals surface area (Å²) in [6, 6.07) is 1.59. The molecule has 0 aliphatic carbocycles. The molecular weight excluding hydrogens is 571 g/mol. The number of ether oxygens (including phenoxy) is 1. The van der Waals surface area contributed by atoms with Crippen molar-refractivity contribution in [2.24, 2.45) is 16.5 Å². The smallest absolute Gasteiger partial charge is 0.351 e. The van der Waals surface area contributed by atoms with Crippen molar-refractivity contribution in [1.29, 1.82) is 0 Å². The molecule has 2 rings (SSSR count). The predicted octanol–water partition coefficient (Wildman–Crippen LogP) is 5.85. The Labute approximate surface area is 251 Å². The van der Waals surface area contributed by atoms with Crippen LogP contribution in [0.3, 0.4) is 0 Å². The van der Waals surface area contributed by atoms with Gasteiger partial charge in [-0.1, -0.05) is 62.3 Å². The molecular formula is C28H57N5O5Si3. The zero-order chi connectivity index (χ0) is 32.0. The summed E-state index contributed by atoms with van der Waals surface area (Å²) in [5.74, 6) is -0.0328. The lowest BCUT2D eigenvalue weighted by molar-refractivity contribution is -0.0509. The first-order valence-electron chi connectivity index (χ1n) is 14.5. The standard InChI is InChI=1S/C28H57N5O5Si3/c1-26(2,3)39(10,11)35-18-19-21(37-40(12,13)27(4,5)6)22(38-41(14,15)28(7,8)9)23(36-19)33-17-16-20(31-24(29)30)32-25(33)34/h16-17,19,21-23H,18H2,1-15H3,(H4,29,30,31,32,34)/t19-,21?,22+,23-/m1/s1. The Hall–Kier alpha value is -1.36. The van der Waals surface area contributed by atoms with E-state index < -0.39 is 55.2 Å². The first-order chi connectivity index (χ1) is 18.2. The summed E-state index contributed by atoms with van der Waals surface area (Å²) in [6.45, 7) is 33.6. The highest BCUT2D eigenvalue weighted by Crippen LogP contribution is 2.46. The Balaban J connectivity index is 2.69. The van der Waals surface area contributed by atoms with Crippen LogP contribution in [0.15, 0.2) is 22.1 Å². The van der Waals surface area contributed by atoms with Crippen LogP contribution in [0, 0.1) is 0 Å². The molecule has 41 heavy (non-hydrogen) atoms. The van der Waals surface area contributed by atoms with Crippen LogP contribution >= 0.6 is 0 Å². The molecule has 4 atom stereocenters. The molecule has 1 fully saturated rings. The lowest BCUT2D eigenvalue weighted by Crippen LogP contribution is -2.54. The largest absolute Gasteiger partial charge is 0.414 e. The fourth-order valence-corrected chi connectivity index (χ4v) is 7.29. The first-order valence-corrected chi connectivity index (χ1v) is 23.3. The Bertz CT molecular complexity index is 1150. The minimum absolute atomic E-state index is 0.0277. The van der Waals surface area contributed by atoms with Gasteiger partial charge in [0, 0.05) is 6.20 Å². The Morgan fingerprint density at radius 1 is 0.878 bits per heavy atom. The van der Waals surface area contributed by atoms with E-state index in [0.717, 1.165) is 0 Å². The van der Waals surface area contributed by atoms with Crippen molar-refractivity contribution >= 4 is 36.7 Å². The second kappa shape index (κ2) is 12.0. The third-order valence-corrected chi connectivity index (χ3v) is 23.0. The van der Waals surface area contributed by atoms with E-state index in [0.29, 0.717) is 6.61 Å². The SMILES string of the molecule is CC(C)(C)[Si](C)(C)OC[C@H]1O[C@@H](n2ccc(N=C(N)N)nc2=O)[C@@H](O[Si](C)(C)C(C)(C)C)C1O[Si](C)(C)C(C)(C)C. The molecule has 13 heteroatoms. The van der Waals surface area contributed by atoms with Gasteiger partial charge >= 0.3 is 5.69 Å². The predicted molar refractivity (Wildman–Crippen MR) is 175 cm³/mol. The van der Waals surface area contributed by atoms with Gasteiger partial charge in [0.05, 0.1) is 6.61 Å². The second-order valence-corrected chi connectivity index (χ2v) is 30.2. The van der Waals surface area contributed by atoms with Gasteiger partial charge in [-0.05, 0) is 60.5 Å². The summed E-state index contributed by atoms with van der Waals surface area (Å²) in [7, 11) is -6.75. The summed E-state index contributed by atoms with van der Waals surface area (Å²) in [6.07, 6.45) is -0.581. The van der Waals surface area contributed by atoms with E-state index in [4.69, 9.17) is 29.5 Å². The summed E-state index contributed by atoms with van der Waals surface area (Å²) in [4.78, 5) is 21.4. The number of rotatable bonds is 9. The lowest BCUT2D eigenvalue weighted by Gasteiger charge is -2.44. The van der Waals surface area contributed by atoms with Gasteiger partial charge in [0.15, 0.2) is 43.0 Å². The van der Waals surface area contributed by atoms with Crippen molar-refractivity contribution in [2.75, 3.05) is 6.61 Å². The van der Waals surface area contributed by atoms with Crippen LogP contribution in [0.4, 0.5) is 5.82 Å². The zero-order valence-corrected chi connectivity index (χ0v) is 31.2. The summed E-state index contributed by atoms with van der Waals surface area (Å²) >= 11 is 0. The van der Waals surface area contributed by atoms with Crippen molar-refractivity contribution in [1.82, 2.24) is 9.55 Å². The lowest BCUT2D eigenvalue weighted by atomic mass is 10.1. The molecule has 1 aromatic heterocycles. The number of hydrogen-bond acceptors (Lipinski definition) is 7. The number of guanidine groups is 1. The van der Waals surface area contributed by atoms with Gasteiger partial charge in [-0.3, -0.25) is 4.57 Å². The molecule has 1 aromatic rings. The molecule has 0 saturated carbocycles. The van der Waals surface area contributed by atoms with Crippen LogP contribution in [0.1, 0.15) is 68.5 Å². The first kappa shape index (κ1) is 35.8. The fraction of sp³-hybridized carbons (Fsp3) is 0.821. The number of nitrogens with two attached hydrogens (primary N) is 2. The minimum atomic E-state index is -2.34. The van der Waals surface area contributed by atoms with Crippen molar-refractivity contribution in [3.05, 3.63) is 22.7 Å². The molecule has 0 amide bonds. The van der Waals surface area contributed by atoms with Crippen LogP contribution in [0.5, 0.6) is 0 Å². The number of aromatic nitrogens is 2. The van der Waals surface area contributed by atoms with Gasteiger partial charge in [0.2, 0.25) is 0 Å². The Morgan fingerprint density at radius 2 is 1.34 bits per heavy atom. The topological polar surface area (TPSA) is 136 Å². The molecule has 1 unspecified atom stereocenters. The normalized spacial score (nSPS) is 23.1. The molecule has 0 spiro atoms. The third-order valence-electron chi connectivity index (χ3n) is 9.51. The van der Waals surface area contributed by atoms with Gasteiger partial charge in [-0.15, -0.1) is 0 Å². The maximum Gasteiger partial charge on any atom is 0.351 e. The molecule has 0 bridgehead atoms. The van der Waals surface area contributed by atoms with E-state index in [1.807, 2.05) is 0 Å². The molecule has 0 radical (unpaired) electrons. The van der Waals surface area contributed by atoms with Crippen molar-refractivity contribution in [2.45, 2.75) is 141 Å². The van der Waals surface area contributed by atoms with Crippen LogP contribution in [-0.2, 0) is 18.0 Å². The quantitative estimate of drug-likeness (QED) is 0.198. The molecule has 2 heterocycles. The van der Waals surface area contributed by atoms with E-state index in [2.05, 4.69) is 112 Å². The molecule has 0 aromatic carbocycles. The van der Waals surface area contributed by atoms with E-state index >= 15 is 0 Å². The van der Waals surface area contributed by atoms with E-state index in [-0.39, 0.29) is 26.9 Å². The second-order valence-electron chi connectivity index (χ2n) is 15.8. The van der Waals surface area contributed by atoms with Crippen LogP contribution < -0.4 is 17.2 Å². The highest BCUT2D eigenvalue weighted by atomic mass is 28.4. The molecule has 236 valence electrons. The number of nitrogens with zero attached hydrogens (tertiary/aromatic N) is 3. The van der Waals surface area contributed by atoms with E-state index in [1.165, 1.54) is 4.57 Å². The molecule has 1 aliphatic rings. The summed E-state index contributed by atoms with van der Waals surface area (Å²) in [5.41, 5.74) is 10.5. The summed E-state index contributed by atoms with van der Waals surface area (Å²) < 4.78 is 29.1. The molecule has 4 N–H and O–H groups in total. The van der Waals surface area contributed by atoms with E-state index in [1.54, 1.807) is 12.3 Å². The summed E-state index contributed by atoms with van der Waals surface area (Å²) in [5, 5.41) is -0.0905. The van der Waals surface area contributed by atoms with Gasteiger partial charge in [0.1, 0.15) is 18.3 Å². The Morgan fingerprint density at radius 3 is 1.76 bits per heavy atom. The van der Waals surface area contributed by atoms with Crippen molar-refractivity contribution in [3.8, 4) is 0 Å². The van der Waals surface area contributed by atoms with Gasteiger partial charge in [-0.25, -0.2) is 4.79 Å². The van der Waals surface area contributed by atoms with Crippen LogP contribution in [0.25, 0.3) is 0 Å². The maximum absolute atomic E-state index is 13.3. The van der Waals surface area contributed by atoms with Gasteiger partial charge in [0.25, 0.3) is 0 Å². The number of hydrogen-bond donors (Lipinski definition) is 2. The third kappa shape index (κ3) is 8.39. The van der Waals surface area contributed by atoms with Crippen molar-refractivity contribution in [3.63, 3.8) is 0 Å². The van der Waals surface area contributed by atoms with Gasteiger partial charge < -0.3 is 29.5 Å². The van der Waals surface area contributed by atoms with Crippen LogP contribution in [-0.4, -0.2) is 65.4 Å². The zero-order valence-electron chi connectivity index (χ0n) is 28.2.